The number of rotatable bonds is 3. The summed E-state index contributed by atoms with van der Waals surface area (Å²) >= 11 is 0. The van der Waals surface area contributed by atoms with Gasteiger partial charge < -0.3 is 4.52 Å². The molecule has 0 saturated heterocycles. The Morgan fingerprint density at radius 1 is 1.32 bits per heavy atom. The van der Waals surface area contributed by atoms with Gasteiger partial charge in [0.05, 0.1) is 12.2 Å². The van der Waals surface area contributed by atoms with Crippen molar-refractivity contribution in [3.8, 4) is 17.3 Å². The van der Waals surface area contributed by atoms with Crippen molar-refractivity contribution in [3.63, 3.8) is 0 Å². The predicted octanol–water partition coefficient (Wildman–Crippen LogP) is 2.61. The molecule has 3 aromatic rings. The highest BCUT2D eigenvalue weighted by molar-refractivity contribution is 5.65. The largest absolute Gasteiger partial charge is 0.361 e. The highest BCUT2D eigenvalue weighted by atomic mass is 19.1. The van der Waals surface area contributed by atoms with Crippen molar-refractivity contribution in [1.29, 1.82) is 5.26 Å². The van der Waals surface area contributed by atoms with E-state index in [1.165, 1.54) is 10.7 Å². The van der Waals surface area contributed by atoms with E-state index in [1.807, 2.05) is 13.0 Å². The molecule has 3 rings (SSSR count). The molecule has 0 N–H and O–H groups in total. The van der Waals surface area contributed by atoms with Crippen molar-refractivity contribution < 1.29 is 8.91 Å². The van der Waals surface area contributed by atoms with Crippen molar-refractivity contribution in [3.05, 3.63) is 52.8 Å². The average Bonchev–Trinajstić information content (AvgIpc) is 3.06. The third-order valence-corrected chi connectivity index (χ3v) is 3.46. The SMILES string of the molecule is Cc1noc(C)c1Cn1nnc(C#N)c1-c1ccccc1F. The second-order valence-electron chi connectivity index (χ2n) is 4.84. The van der Waals surface area contributed by atoms with Gasteiger partial charge in [-0.15, -0.1) is 5.10 Å². The van der Waals surface area contributed by atoms with E-state index in [-0.39, 0.29) is 11.3 Å². The second-order valence-corrected chi connectivity index (χ2v) is 4.84. The van der Waals surface area contributed by atoms with E-state index in [0.29, 0.717) is 18.0 Å². The zero-order valence-corrected chi connectivity index (χ0v) is 12.0. The van der Waals surface area contributed by atoms with Crippen molar-refractivity contribution in [2.45, 2.75) is 20.4 Å². The number of nitrogens with zero attached hydrogens (tertiary/aromatic N) is 5. The lowest BCUT2D eigenvalue weighted by Gasteiger charge is -2.07. The van der Waals surface area contributed by atoms with Crippen LogP contribution in [-0.4, -0.2) is 20.2 Å². The molecule has 0 saturated carbocycles. The summed E-state index contributed by atoms with van der Waals surface area (Å²) in [5.74, 6) is 0.229. The van der Waals surface area contributed by atoms with E-state index in [0.717, 1.165) is 11.3 Å². The molecule has 0 amide bonds. The molecule has 0 aliphatic rings. The lowest BCUT2D eigenvalue weighted by Crippen LogP contribution is -2.06. The zero-order valence-electron chi connectivity index (χ0n) is 12.0. The minimum Gasteiger partial charge on any atom is -0.361 e. The van der Waals surface area contributed by atoms with Crippen LogP contribution in [0.15, 0.2) is 28.8 Å². The van der Waals surface area contributed by atoms with Gasteiger partial charge >= 0.3 is 0 Å². The summed E-state index contributed by atoms with van der Waals surface area (Å²) in [4.78, 5) is 0. The van der Waals surface area contributed by atoms with Crippen LogP contribution in [0.25, 0.3) is 11.3 Å². The first-order valence-corrected chi connectivity index (χ1v) is 6.62. The number of hydrogen-bond donors (Lipinski definition) is 0. The van der Waals surface area contributed by atoms with Gasteiger partial charge in [-0.25, -0.2) is 9.07 Å². The van der Waals surface area contributed by atoms with Crippen molar-refractivity contribution >= 4 is 0 Å². The topological polar surface area (TPSA) is 80.5 Å². The first-order valence-electron chi connectivity index (χ1n) is 6.62. The maximum absolute atomic E-state index is 14.1. The third-order valence-electron chi connectivity index (χ3n) is 3.46. The molecular weight excluding hydrogens is 285 g/mol. The van der Waals surface area contributed by atoms with E-state index in [4.69, 9.17) is 4.52 Å². The summed E-state index contributed by atoms with van der Waals surface area (Å²) in [6.07, 6.45) is 0. The highest BCUT2D eigenvalue weighted by Crippen LogP contribution is 2.26. The van der Waals surface area contributed by atoms with Crippen molar-refractivity contribution in [1.82, 2.24) is 20.2 Å². The molecule has 110 valence electrons. The molecule has 7 heteroatoms. The van der Waals surface area contributed by atoms with Crippen LogP contribution >= 0.6 is 0 Å². The average molecular weight is 297 g/mol. The molecule has 6 nitrogen and oxygen atoms in total. The van der Waals surface area contributed by atoms with Crippen LogP contribution in [0.1, 0.15) is 22.7 Å². The van der Waals surface area contributed by atoms with Gasteiger partial charge in [0.2, 0.25) is 0 Å². The monoisotopic (exact) mass is 297 g/mol. The molecule has 0 bridgehead atoms. The number of benzene rings is 1. The van der Waals surface area contributed by atoms with Crippen LogP contribution in [0.4, 0.5) is 4.39 Å². The fourth-order valence-electron chi connectivity index (χ4n) is 2.30. The number of nitriles is 1. The summed E-state index contributed by atoms with van der Waals surface area (Å²) in [6, 6.07) is 8.18. The van der Waals surface area contributed by atoms with Gasteiger partial charge in [0.15, 0.2) is 5.69 Å². The molecule has 1 aromatic carbocycles. The molecular formula is C15H12FN5O. The molecule has 2 heterocycles. The molecule has 0 aliphatic carbocycles. The lowest BCUT2D eigenvalue weighted by atomic mass is 10.1. The number of halogens is 1. The molecule has 0 radical (unpaired) electrons. The fourth-order valence-corrected chi connectivity index (χ4v) is 2.30. The fraction of sp³-hybridized carbons (Fsp3) is 0.200. The summed E-state index contributed by atoms with van der Waals surface area (Å²) in [5, 5.41) is 20.9. The van der Waals surface area contributed by atoms with Gasteiger partial charge in [-0.3, -0.25) is 0 Å². The van der Waals surface area contributed by atoms with Gasteiger partial charge in [0, 0.05) is 11.1 Å². The van der Waals surface area contributed by atoms with Crippen molar-refractivity contribution in [2.24, 2.45) is 0 Å². The Bertz CT molecular complexity index is 855. The summed E-state index contributed by atoms with van der Waals surface area (Å²) < 4.78 is 20.7. The molecule has 22 heavy (non-hydrogen) atoms. The Morgan fingerprint density at radius 3 is 2.73 bits per heavy atom. The minimum atomic E-state index is -0.429. The van der Waals surface area contributed by atoms with E-state index in [2.05, 4.69) is 15.5 Å². The molecule has 0 atom stereocenters. The molecule has 0 aliphatic heterocycles. The number of aryl methyl sites for hydroxylation is 2. The molecule has 0 spiro atoms. The third kappa shape index (κ3) is 2.24. The van der Waals surface area contributed by atoms with E-state index in [1.54, 1.807) is 25.1 Å². The Balaban J connectivity index is 2.13. The Hall–Kier alpha value is -3.01. The molecule has 0 unspecified atom stereocenters. The minimum absolute atomic E-state index is 0.0804. The summed E-state index contributed by atoms with van der Waals surface area (Å²) in [5.41, 5.74) is 2.28. The maximum atomic E-state index is 14.1. The lowest BCUT2D eigenvalue weighted by molar-refractivity contribution is 0.391. The zero-order chi connectivity index (χ0) is 15.7. The first kappa shape index (κ1) is 13.9. The van der Waals surface area contributed by atoms with Crippen molar-refractivity contribution in [2.75, 3.05) is 0 Å². The smallest absolute Gasteiger partial charge is 0.190 e. The predicted molar refractivity (Wildman–Crippen MR) is 75.2 cm³/mol. The van der Waals surface area contributed by atoms with Crippen LogP contribution in [0, 0.1) is 31.0 Å². The Labute approximate surface area is 125 Å². The van der Waals surface area contributed by atoms with Gasteiger partial charge in [0.1, 0.15) is 23.3 Å². The van der Waals surface area contributed by atoms with E-state index < -0.39 is 5.82 Å². The van der Waals surface area contributed by atoms with Gasteiger partial charge in [0.25, 0.3) is 0 Å². The van der Waals surface area contributed by atoms with Crippen LogP contribution in [-0.2, 0) is 6.54 Å². The number of hydrogen-bond acceptors (Lipinski definition) is 5. The van der Waals surface area contributed by atoms with Crippen LogP contribution in [0.2, 0.25) is 0 Å². The second kappa shape index (κ2) is 5.41. The molecule has 2 aromatic heterocycles. The van der Waals surface area contributed by atoms with E-state index in [9.17, 15) is 9.65 Å². The van der Waals surface area contributed by atoms with Gasteiger partial charge in [-0.05, 0) is 26.0 Å². The van der Waals surface area contributed by atoms with Crippen LogP contribution in [0.3, 0.4) is 0 Å². The first-order chi connectivity index (χ1) is 10.6. The Morgan fingerprint density at radius 2 is 2.09 bits per heavy atom. The van der Waals surface area contributed by atoms with E-state index >= 15 is 0 Å². The Kier molecular flexibility index (Phi) is 3.43. The van der Waals surface area contributed by atoms with Crippen LogP contribution in [0.5, 0.6) is 0 Å². The summed E-state index contributed by atoms with van der Waals surface area (Å²) in [6.45, 7) is 3.91. The van der Waals surface area contributed by atoms with Gasteiger partial charge in [-0.1, -0.05) is 22.5 Å². The standard InChI is InChI=1S/C15H12FN5O/c1-9-12(10(2)22-19-9)8-21-15(14(7-17)18-20-21)11-5-3-4-6-13(11)16/h3-6H,8H2,1-2H3. The number of aromatic nitrogens is 4. The molecule has 0 fully saturated rings. The maximum Gasteiger partial charge on any atom is 0.190 e. The van der Waals surface area contributed by atoms with Gasteiger partial charge in [-0.2, -0.15) is 5.26 Å². The summed E-state index contributed by atoms with van der Waals surface area (Å²) in [7, 11) is 0. The van der Waals surface area contributed by atoms with Crippen LogP contribution < -0.4 is 0 Å². The normalized spacial score (nSPS) is 10.6. The quantitative estimate of drug-likeness (QED) is 0.742. The highest BCUT2D eigenvalue weighted by Gasteiger charge is 2.20.